The first-order valence-corrected chi connectivity index (χ1v) is 10.1. The fraction of sp³-hybridized carbons (Fsp3) is 0.240. The molecule has 0 aliphatic rings. The summed E-state index contributed by atoms with van der Waals surface area (Å²) in [5.41, 5.74) is 2.44. The van der Waals surface area contributed by atoms with Gasteiger partial charge in [0.1, 0.15) is 5.75 Å². The van der Waals surface area contributed by atoms with Crippen LogP contribution in [0.2, 0.25) is 0 Å². The smallest absolute Gasteiger partial charge is 0.231 e. The molecule has 154 valence electrons. The number of benzene rings is 2. The van der Waals surface area contributed by atoms with Gasteiger partial charge in [-0.05, 0) is 48.5 Å². The van der Waals surface area contributed by atoms with Gasteiger partial charge in [0, 0.05) is 42.9 Å². The molecule has 5 heteroatoms. The zero-order valence-electron chi connectivity index (χ0n) is 17.5. The van der Waals surface area contributed by atoms with Crippen LogP contribution in [0.1, 0.15) is 6.92 Å². The molecule has 30 heavy (non-hydrogen) atoms. The van der Waals surface area contributed by atoms with Gasteiger partial charge in [0.2, 0.25) is 5.43 Å². The number of aromatic nitrogens is 2. The molecule has 0 saturated heterocycles. The van der Waals surface area contributed by atoms with Crippen LogP contribution in [0.25, 0.3) is 22.2 Å². The van der Waals surface area contributed by atoms with Crippen LogP contribution in [0.4, 0.5) is 0 Å². The van der Waals surface area contributed by atoms with Crippen LogP contribution in [-0.2, 0) is 13.6 Å². The molecule has 0 fully saturated rings. The van der Waals surface area contributed by atoms with Crippen molar-refractivity contribution in [3.05, 3.63) is 83.3 Å². The summed E-state index contributed by atoms with van der Waals surface area (Å²) in [6.45, 7) is 3.72. The Bertz CT molecular complexity index is 1190. The molecule has 2 heterocycles. The van der Waals surface area contributed by atoms with Crippen LogP contribution in [0.3, 0.4) is 0 Å². The summed E-state index contributed by atoms with van der Waals surface area (Å²) in [4.78, 5) is 12.9. The van der Waals surface area contributed by atoms with Gasteiger partial charge in [0.15, 0.2) is 5.75 Å². The van der Waals surface area contributed by atoms with Crippen molar-refractivity contribution in [2.45, 2.75) is 13.5 Å². The standard InChI is InChI=1S/C25H26N2O3/c1-18(16-27-14-6-7-15-27)17-30-20-12-10-19(11-13-20)23-25(29-3)24(28)21-8-4-5-9-22(21)26(23)2/h4-15,18H,16-17H2,1-3H3. The Hall–Kier alpha value is -3.47. The second kappa shape index (κ2) is 8.49. The van der Waals surface area contributed by atoms with Gasteiger partial charge in [0.05, 0.1) is 24.9 Å². The lowest BCUT2D eigenvalue weighted by Crippen LogP contribution is -2.15. The molecule has 0 spiro atoms. The number of aryl methyl sites for hydroxylation is 1. The first-order valence-electron chi connectivity index (χ1n) is 10.1. The zero-order valence-corrected chi connectivity index (χ0v) is 17.5. The van der Waals surface area contributed by atoms with Gasteiger partial charge >= 0.3 is 0 Å². The molecule has 0 aliphatic heterocycles. The van der Waals surface area contributed by atoms with Crippen LogP contribution in [0.5, 0.6) is 11.5 Å². The number of ether oxygens (including phenoxy) is 2. The van der Waals surface area contributed by atoms with Gasteiger partial charge in [-0.3, -0.25) is 4.79 Å². The SMILES string of the molecule is COc1c(-c2ccc(OCC(C)Cn3cccc3)cc2)n(C)c2ccccc2c1=O. The quantitative estimate of drug-likeness (QED) is 0.449. The van der Waals surface area contributed by atoms with Gasteiger partial charge < -0.3 is 18.6 Å². The minimum Gasteiger partial charge on any atom is -0.493 e. The molecule has 4 rings (SSSR count). The highest BCUT2D eigenvalue weighted by Gasteiger charge is 2.17. The third kappa shape index (κ3) is 3.83. The Morgan fingerprint density at radius 3 is 2.37 bits per heavy atom. The molecule has 0 radical (unpaired) electrons. The lowest BCUT2D eigenvalue weighted by atomic mass is 10.1. The van der Waals surface area contributed by atoms with Gasteiger partial charge in [-0.25, -0.2) is 0 Å². The molecular formula is C25H26N2O3. The average Bonchev–Trinajstić information content (AvgIpc) is 3.28. The molecule has 0 aliphatic carbocycles. The number of hydrogen-bond acceptors (Lipinski definition) is 3. The van der Waals surface area contributed by atoms with Crippen molar-refractivity contribution in [1.82, 2.24) is 9.13 Å². The normalized spacial score (nSPS) is 12.1. The zero-order chi connectivity index (χ0) is 21.1. The van der Waals surface area contributed by atoms with E-state index in [1.54, 1.807) is 7.11 Å². The molecule has 2 aromatic heterocycles. The van der Waals surface area contributed by atoms with Crippen molar-refractivity contribution in [2.75, 3.05) is 13.7 Å². The van der Waals surface area contributed by atoms with E-state index in [1.165, 1.54) is 0 Å². The van der Waals surface area contributed by atoms with Crippen molar-refractivity contribution in [3.63, 3.8) is 0 Å². The van der Waals surface area contributed by atoms with E-state index in [9.17, 15) is 4.79 Å². The monoisotopic (exact) mass is 402 g/mol. The Morgan fingerprint density at radius 2 is 1.67 bits per heavy atom. The van der Waals surface area contributed by atoms with Crippen LogP contribution in [0, 0.1) is 5.92 Å². The highest BCUT2D eigenvalue weighted by molar-refractivity contribution is 5.85. The number of nitrogens with zero attached hydrogens (tertiary/aromatic N) is 2. The van der Waals surface area contributed by atoms with Gasteiger partial charge in [-0.1, -0.05) is 19.1 Å². The largest absolute Gasteiger partial charge is 0.493 e. The third-order valence-electron chi connectivity index (χ3n) is 5.32. The van der Waals surface area contributed by atoms with Crippen LogP contribution < -0.4 is 14.9 Å². The summed E-state index contributed by atoms with van der Waals surface area (Å²) < 4.78 is 15.6. The summed E-state index contributed by atoms with van der Waals surface area (Å²) in [7, 11) is 3.49. The predicted molar refractivity (Wildman–Crippen MR) is 120 cm³/mol. The van der Waals surface area contributed by atoms with Crippen LogP contribution >= 0.6 is 0 Å². The maximum absolute atomic E-state index is 12.9. The summed E-state index contributed by atoms with van der Waals surface area (Å²) in [6, 6.07) is 19.5. The maximum atomic E-state index is 12.9. The number of fused-ring (bicyclic) bond motifs is 1. The molecular weight excluding hydrogens is 376 g/mol. The first-order chi connectivity index (χ1) is 14.6. The Morgan fingerprint density at radius 1 is 0.967 bits per heavy atom. The molecule has 0 bridgehead atoms. The van der Waals surface area contributed by atoms with Crippen molar-refractivity contribution < 1.29 is 9.47 Å². The summed E-state index contributed by atoms with van der Waals surface area (Å²) in [5.74, 6) is 1.55. The van der Waals surface area contributed by atoms with Crippen molar-refractivity contribution in [3.8, 4) is 22.8 Å². The summed E-state index contributed by atoms with van der Waals surface area (Å²) in [6.07, 6.45) is 4.12. The number of rotatable bonds is 7. The second-order valence-corrected chi connectivity index (χ2v) is 7.61. The van der Waals surface area contributed by atoms with Crippen LogP contribution in [-0.4, -0.2) is 22.9 Å². The second-order valence-electron chi connectivity index (χ2n) is 7.61. The molecule has 1 unspecified atom stereocenters. The maximum Gasteiger partial charge on any atom is 0.231 e. The molecule has 1 atom stereocenters. The number of hydrogen-bond donors (Lipinski definition) is 0. The van der Waals surface area contributed by atoms with E-state index in [0.717, 1.165) is 29.1 Å². The van der Waals surface area contributed by atoms with E-state index in [2.05, 4.69) is 23.9 Å². The van der Waals surface area contributed by atoms with E-state index >= 15 is 0 Å². The highest BCUT2D eigenvalue weighted by Crippen LogP contribution is 2.31. The minimum absolute atomic E-state index is 0.0969. The van der Waals surface area contributed by atoms with E-state index in [4.69, 9.17) is 9.47 Å². The molecule has 5 nitrogen and oxygen atoms in total. The van der Waals surface area contributed by atoms with Crippen molar-refractivity contribution >= 4 is 10.9 Å². The lowest BCUT2D eigenvalue weighted by Gasteiger charge is -2.17. The molecule has 2 aromatic carbocycles. The molecule has 0 saturated carbocycles. The van der Waals surface area contributed by atoms with Gasteiger partial charge in [0.25, 0.3) is 0 Å². The van der Waals surface area contributed by atoms with E-state index in [-0.39, 0.29) is 5.43 Å². The number of methoxy groups -OCH3 is 1. The van der Waals surface area contributed by atoms with Crippen molar-refractivity contribution in [2.24, 2.45) is 13.0 Å². The van der Waals surface area contributed by atoms with Gasteiger partial charge in [-0.2, -0.15) is 0 Å². The number of pyridine rings is 1. The molecule has 0 amide bonds. The Balaban J connectivity index is 1.57. The summed E-state index contributed by atoms with van der Waals surface area (Å²) >= 11 is 0. The first kappa shape index (κ1) is 19.8. The van der Waals surface area contributed by atoms with Crippen molar-refractivity contribution in [1.29, 1.82) is 0 Å². The highest BCUT2D eigenvalue weighted by atomic mass is 16.5. The van der Waals surface area contributed by atoms with E-state index in [0.29, 0.717) is 23.7 Å². The predicted octanol–water partition coefficient (Wildman–Crippen LogP) is 4.73. The average molecular weight is 402 g/mol. The van der Waals surface area contributed by atoms with Crippen LogP contribution in [0.15, 0.2) is 77.9 Å². The lowest BCUT2D eigenvalue weighted by molar-refractivity contribution is 0.244. The Kier molecular flexibility index (Phi) is 5.61. The third-order valence-corrected chi connectivity index (χ3v) is 5.32. The fourth-order valence-electron chi connectivity index (χ4n) is 3.83. The topological polar surface area (TPSA) is 45.4 Å². The summed E-state index contributed by atoms with van der Waals surface area (Å²) in [5, 5.41) is 0.650. The van der Waals surface area contributed by atoms with Gasteiger partial charge in [-0.15, -0.1) is 0 Å². The fourth-order valence-corrected chi connectivity index (χ4v) is 3.83. The number of para-hydroxylation sites is 1. The van der Waals surface area contributed by atoms with E-state index < -0.39 is 0 Å². The molecule has 4 aromatic rings. The van der Waals surface area contributed by atoms with E-state index in [1.807, 2.05) is 72.3 Å². The Labute approximate surface area is 176 Å². The molecule has 0 N–H and O–H groups in total. The minimum atomic E-state index is -0.0969.